The summed E-state index contributed by atoms with van der Waals surface area (Å²) < 4.78 is 6.29. The minimum atomic E-state index is -0.0275. The third kappa shape index (κ3) is 1.49. The molecular weight excluding hydrogens is 270 g/mol. The number of pyridine rings is 1. The van der Waals surface area contributed by atoms with Crippen molar-refractivity contribution in [1.82, 2.24) is 4.98 Å². The quantitative estimate of drug-likeness (QED) is 0.805. The number of benzene rings is 1. The van der Waals surface area contributed by atoms with Crippen molar-refractivity contribution in [2.45, 2.75) is 13.0 Å². The second-order valence-electron chi connectivity index (χ2n) is 3.90. The molecule has 1 N–H and O–H groups in total. The zero-order valence-electron chi connectivity index (χ0n) is 8.55. The van der Waals surface area contributed by atoms with E-state index in [1.165, 1.54) is 0 Å². The van der Waals surface area contributed by atoms with E-state index >= 15 is 0 Å². The van der Waals surface area contributed by atoms with Gasteiger partial charge < -0.3 is 9.72 Å². The van der Waals surface area contributed by atoms with Crippen molar-refractivity contribution in [2.75, 3.05) is 6.61 Å². The molecule has 0 amide bonds. The number of fused-ring (bicyclic) bond motifs is 3. The van der Waals surface area contributed by atoms with Gasteiger partial charge in [0.15, 0.2) is 0 Å². The van der Waals surface area contributed by atoms with Gasteiger partial charge in [-0.15, -0.1) is 0 Å². The summed E-state index contributed by atoms with van der Waals surface area (Å²) in [5.41, 5.74) is 2.78. The van der Waals surface area contributed by atoms with Crippen LogP contribution in [0.5, 0.6) is 0 Å². The predicted molar refractivity (Wildman–Crippen MR) is 65.6 cm³/mol. The molecule has 0 saturated heterocycles. The lowest BCUT2D eigenvalue weighted by Gasteiger charge is -2.17. The van der Waals surface area contributed by atoms with Crippen LogP contribution < -0.4 is 5.56 Å². The smallest absolute Gasteiger partial charge is 0.254 e. The Morgan fingerprint density at radius 1 is 1.31 bits per heavy atom. The van der Waals surface area contributed by atoms with E-state index in [4.69, 9.17) is 4.74 Å². The molecule has 1 aliphatic rings. The summed E-state index contributed by atoms with van der Waals surface area (Å²) >= 11 is 3.41. The van der Waals surface area contributed by atoms with Crippen molar-refractivity contribution in [3.8, 4) is 0 Å². The summed E-state index contributed by atoms with van der Waals surface area (Å²) in [6, 6.07) is 5.97. The van der Waals surface area contributed by atoms with Crippen molar-refractivity contribution in [2.24, 2.45) is 0 Å². The second kappa shape index (κ2) is 3.71. The fourth-order valence-electron chi connectivity index (χ4n) is 2.17. The zero-order chi connectivity index (χ0) is 11.1. The van der Waals surface area contributed by atoms with Gasteiger partial charge >= 0.3 is 0 Å². The molecule has 0 aliphatic carbocycles. The molecule has 3 nitrogen and oxygen atoms in total. The SMILES string of the molecule is O=c1[nH]c2cc(Br)ccc2c2c1COCC2. The molecule has 0 unspecified atom stereocenters. The van der Waals surface area contributed by atoms with E-state index in [1.807, 2.05) is 18.2 Å². The van der Waals surface area contributed by atoms with E-state index in [-0.39, 0.29) is 5.56 Å². The summed E-state index contributed by atoms with van der Waals surface area (Å²) in [4.78, 5) is 14.7. The standard InChI is InChI=1S/C12H10BrNO2/c13-7-1-2-9-8-3-4-16-6-10(8)12(15)14-11(9)5-7/h1-2,5H,3-4,6H2,(H,14,15). The molecule has 1 aromatic heterocycles. The minimum Gasteiger partial charge on any atom is -0.376 e. The van der Waals surface area contributed by atoms with Gasteiger partial charge in [-0.25, -0.2) is 0 Å². The van der Waals surface area contributed by atoms with Crippen LogP contribution in [0.1, 0.15) is 11.1 Å². The van der Waals surface area contributed by atoms with Gasteiger partial charge in [-0.3, -0.25) is 4.79 Å². The van der Waals surface area contributed by atoms with Crippen LogP contribution in [0.25, 0.3) is 10.9 Å². The van der Waals surface area contributed by atoms with Crippen LogP contribution in [0.15, 0.2) is 27.5 Å². The minimum absolute atomic E-state index is 0.0275. The van der Waals surface area contributed by atoms with Gasteiger partial charge in [-0.1, -0.05) is 22.0 Å². The number of rotatable bonds is 0. The molecule has 16 heavy (non-hydrogen) atoms. The Bertz CT molecular complexity index is 618. The van der Waals surface area contributed by atoms with Gasteiger partial charge in [0.1, 0.15) is 0 Å². The zero-order valence-corrected chi connectivity index (χ0v) is 10.1. The van der Waals surface area contributed by atoms with Crippen molar-refractivity contribution < 1.29 is 4.74 Å². The number of H-pyrrole nitrogens is 1. The van der Waals surface area contributed by atoms with Gasteiger partial charge in [0.25, 0.3) is 5.56 Å². The summed E-state index contributed by atoms with van der Waals surface area (Å²) in [6.45, 7) is 1.12. The second-order valence-corrected chi connectivity index (χ2v) is 4.82. The van der Waals surface area contributed by atoms with Crippen molar-refractivity contribution in [1.29, 1.82) is 0 Å². The Kier molecular flexibility index (Phi) is 2.33. The van der Waals surface area contributed by atoms with Crippen LogP contribution in [0, 0.1) is 0 Å². The molecule has 1 aliphatic heterocycles. The highest BCUT2D eigenvalue weighted by Gasteiger charge is 2.16. The Balaban J connectivity index is 2.42. The van der Waals surface area contributed by atoms with Crippen LogP contribution in [-0.4, -0.2) is 11.6 Å². The molecule has 1 aromatic carbocycles. The number of hydrogen-bond acceptors (Lipinski definition) is 2. The van der Waals surface area contributed by atoms with E-state index in [2.05, 4.69) is 20.9 Å². The molecule has 0 saturated carbocycles. The molecule has 0 atom stereocenters. The molecule has 2 heterocycles. The fraction of sp³-hybridized carbons (Fsp3) is 0.250. The molecule has 2 aromatic rings. The average Bonchev–Trinajstić information content (AvgIpc) is 2.29. The first kappa shape index (κ1) is 10.1. The van der Waals surface area contributed by atoms with Gasteiger partial charge in [0.2, 0.25) is 0 Å². The molecular formula is C12H10BrNO2. The third-order valence-electron chi connectivity index (χ3n) is 2.94. The number of ether oxygens (including phenoxy) is 1. The highest BCUT2D eigenvalue weighted by atomic mass is 79.9. The number of hydrogen-bond donors (Lipinski definition) is 1. The Morgan fingerprint density at radius 2 is 2.19 bits per heavy atom. The predicted octanol–water partition coefficient (Wildman–Crippen LogP) is 2.36. The maximum absolute atomic E-state index is 11.8. The van der Waals surface area contributed by atoms with E-state index in [0.717, 1.165) is 32.9 Å². The molecule has 0 fully saturated rings. The van der Waals surface area contributed by atoms with Crippen LogP contribution >= 0.6 is 15.9 Å². The van der Waals surface area contributed by atoms with Crippen LogP contribution in [0.3, 0.4) is 0 Å². The first-order chi connectivity index (χ1) is 7.75. The fourth-order valence-corrected chi connectivity index (χ4v) is 2.53. The lowest BCUT2D eigenvalue weighted by atomic mass is 10.00. The van der Waals surface area contributed by atoms with Crippen LogP contribution in [-0.2, 0) is 17.8 Å². The Morgan fingerprint density at radius 3 is 3.06 bits per heavy atom. The van der Waals surface area contributed by atoms with Crippen LogP contribution in [0.2, 0.25) is 0 Å². The maximum Gasteiger partial charge on any atom is 0.254 e. The van der Waals surface area contributed by atoms with Gasteiger partial charge in [-0.05, 0) is 24.1 Å². The first-order valence-corrected chi connectivity index (χ1v) is 5.96. The molecule has 3 rings (SSSR count). The van der Waals surface area contributed by atoms with Gasteiger partial charge in [-0.2, -0.15) is 0 Å². The number of aromatic amines is 1. The number of aromatic nitrogens is 1. The molecule has 4 heteroatoms. The average molecular weight is 280 g/mol. The summed E-state index contributed by atoms with van der Waals surface area (Å²) in [5, 5.41) is 1.13. The number of halogens is 1. The van der Waals surface area contributed by atoms with Crippen molar-refractivity contribution >= 4 is 26.8 Å². The van der Waals surface area contributed by atoms with E-state index in [1.54, 1.807) is 0 Å². The van der Waals surface area contributed by atoms with Gasteiger partial charge in [0.05, 0.1) is 13.2 Å². The summed E-state index contributed by atoms with van der Waals surface area (Å²) in [7, 11) is 0. The topological polar surface area (TPSA) is 42.1 Å². The molecule has 0 spiro atoms. The van der Waals surface area contributed by atoms with Gasteiger partial charge in [0, 0.05) is 20.9 Å². The third-order valence-corrected chi connectivity index (χ3v) is 3.43. The van der Waals surface area contributed by atoms with E-state index in [9.17, 15) is 4.79 Å². The Hall–Kier alpha value is -1.13. The summed E-state index contributed by atoms with van der Waals surface area (Å²) in [5.74, 6) is 0. The number of nitrogens with one attached hydrogen (secondary N) is 1. The monoisotopic (exact) mass is 279 g/mol. The normalized spacial score (nSPS) is 15.1. The van der Waals surface area contributed by atoms with E-state index < -0.39 is 0 Å². The van der Waals surface area contributed by atoms with E-state index in [0.29, 0.717) is 13.2 Å². The summed E-state index contributed by atoms with van der Waals surface area (Å²) in [6.07, 6.45) is 0.817. The van der Waals surface area contributed by atoms with Crippen molar-refractivity contribution in [3.63, 3.8) is 0 Å². The highest BCUT2D eigenvalue weighted by Crippen LogP contribution is 2.24. The maximum atomic E-state index is 11.8. The lowest BCUT2D eigenvalue weighted by molar-refractivity contribution is 0.110. The Labute approximate surface area is 101 Å². The van der Waals surface area contributed by atoms with Crippen molar-refractivity contribution in [3.05, 3.63) is 44.2 Å². The van der Waals surface area contributed by atoms with Crippen LogP contribution in [0.4, 0.5) is 0 Å². The first-order valence-electron chi connectivity index (χ1n) is 5.17. The molecule has 0 bridgehead atoms. The lowest BCUT2D eigenvalue weighted by Crippen LogP contribution is -2.22. The highest BCUT2D eigenvalue weighted by molar-refractivity contribution is 9.10. The largest absolute Gasteiger partial charge is 0.376 e. The molecule has 0 radical (unpaired) electrons. The molecule has 82 valence electrons.